The summed E-state index contributed by atoms with van der Waals surface area (Å²) in [6.07, 6.45) is 2.82. The summed E-state index contributed by atoms with van der Waals surface area (Å²) in [6.45, 7) is 0.139. The third-order valence-electron chi connectivity index (χ3n) is 4.36. The molecule has 0 aliphatic carbocycles. The first-order valence-electron chi connectivity index (χ1n) is 9.07. The number of hydrogen-bond acceptors (Lipinski definition) is 6. The Balaban J connectivity index is 1.47. The fraction of sp³-hybridized carbons (Fsp3) is 0.0455. The number of sulfonamides is 1. The van der Waals surface area contributed by atoms with Crippen molar-refractivity contribution in [2.45, 2.75) is 4.90 Å². The first-order chi connectivity index (χ1) is 14.5. The number of fused-ring (bicyclic) bond motifs is 1. The van der Waals surface area contributed by atoms with Crippen LogP contribution in [0.1, 0.15) is 10.4 Å². The topological polar surface area (TPSA) is 93.7 Å². The number of nitrogens with one attached hydrogen (secondary N) is 2. The van der Waals surface area contributed by atoms with Crippen LogP contribution in [-0.4, -0.2) is 21.0 Å². The molecule has 0 radical (unpaired) electrons. The van der Waals surface area contributed by atoms with Crippen molar-refractivity contribution in [2.24, 2.45) is 0 Å². The molecule has 152 valence electrons. The number of rotatable bonds is 7. The Morgan fingerprint density at radius 3 is 2.37 bits per heavy atom. The summed E-state index contributed by atoms with van der Waals surface area (Å²) in [7, 11) is -3.73. The van der Waals surface area contributed by atoms with Gasteiger partial charge in [0, 0.05) is 17.8 Å². The second-order valence-electron chi connectivity index (χ2n) is 6.37. The number of hydrogen-bond donors (Lipinski definition) is 2. The smallest absolute Gasteiger partial charge is 0.261 e. The van der Waals surface area contributed by atoms with Gasteiger partial charge in [0.2, 0.25) is 6.79 Å². The maximum atomic E-state index is 12.6. The molecule has 1 aliphatic heterocycles. The number of carbonyl (C=O) groups is 1. The maximum absolute atomic E-state index is 12.6. The number of allylic oxidation sites excluding steroid dienone is 1. The van der Waals surface area contributed by atoms with Gasteiger partial charge in [-0.15, -0.1) is 0 Å². The molecule has 0 spiro atoms. The van der Waals surface area contributed by atoms with Gasteiger partial charge in [-0.25, -0.2) is 8.42 Å². The van der Waals surface area contributed by atoms with Gasteiger partial charge in [0.25, 0.3) is 10.0 Å². The van der Waals surface area contributed by atoms with Crippen LogP contribution in [0.25, 0.3) is 0 Å². The van der Waals surface area contributed by atoms with E-state index in [0.29, 0.717) is 28.4 Å². The van der Waals surface area contributed by atoms with Gasteiger partial charge in [-0.2, -0.15) is 0 Å². The Hall–Kier alpha value is -3.78. The van der Waals surface area contributed by atoms with E-state index >= 15 is 0 Å². The molecular weight excluding hydrogens is 404 g/mol. The molecule has 0 atom stereocenters. The molecule has 8 heteroatoms. The van der Waals surface area contributed by atoms with Crippen LogP contribution in [-0.2, 0) is 10.0 Å². The number of anilines is 2. The Morgan fingerprint density at radius 2 is 1.57 bits per heavy atom. The molecule has 0 amide bonds. The maximum Gasteiger partial charge on any atom is 0.261 e. The van der Waals surface area contributed by atoms with Gasteiger partial charge in [-0.05, 0) is 42.5 Å². The quantitative estimate of drug-likeness (QED) is 0.441. The first kappa shape index (κ1) is 19.5. The van der Waals surface area contributed by atoms with Gasteiger partial charge >= 0.3 is 0 Å². The highest BCUT2D eigenvalue weighted by atomic mass is 32.2. The van der Waals surface area contributed by atoms with Gasteiger partial charge in [0.1, 0.15) is 0 Å². The van der Waals surface area contributed by atoms with Gasteiger partial charge < -0.3 is 14.8 Å². The van der Waals surface area contributed by atoms with Crippen molar-refractivity contribution in [1.82, 2.24) is 0 Å². The first-order valence-corrected chi connectivity index (χ1v) is 10.6. The van der Waals surface area contributed by atoms with Crippen molar-refractivity contribution in [3.63, 3.8) is 0 Å². The SMILES string of the molecule is O=C(/C=C/Nc1ccccc1NS(=O)(=O)c1ccccc1)c1ccc2c(c1)OCO2. The van der Waals surface area contributed by atoms with E-state index in [1.165, 1.54) is 24.4 Å². The zero-order valence-electron chi connectivity index (χ0n) is 15.7. The van der Waals surface area contributed by atoms with Crippen molar-refractivity contribution in [1.29, 1.82) is 0 Å². The van der Waals surface area contributed by atoms with Crippen molar-refractivity contribution in [3.05, 3.63) is 90.6 Å². The van der Waals surface area contributed by atoms with Gasteiger partial charge in [-0.1, -0.05) is 30.3 Å². The molecule has 0 fully saturated rings. The minimum Gasteiger partial charge on any atom is -0.454 e. The van der Waals surface area contributed by atoms with Crippen LogP contribution in [0.3, 0.4) is 0 Å². The van der Waals surface area contributed by atoms with Crippen molar-refractivity contribution < 1.29 is 22.7 Å². The van der Waals surface area contributed by atoms with Crippen LogP contribution in [0.5, 0.6) is 11.5 Å². The highest BCUT2D eigenvalue weighted by Gasteiger charge is 2.16. The van der Waals surface area contributed by atoms with E-state index in [0.717, 1.165) is 0 Å². The normalized spacial score (nSPS) is 12.7. The van der Waals surface area contributed by atoms with Crippen LogP contribution in [0, 0.1) is 0 Å². The third kappa shape index (κ3) is 4.28. The van der Waals surface area contributed by atoms with E-state index in [2.05, 4.69) is 10.0 Å². The second-order valence-corrected chi connectivity index (χ2v) is 8.06. The summed E-state index contributed by atoms with van der Waals surface area (Å²) in [5, 5.41) is 2.96. The predicted octanol–water partition coefficient (Wildman–Crippen LogP) is 4.02. The van der Waals surface area contributed by atoms with Crippen LogP contribution in [0.4, 0.5) is 11.4 Å². The number of benzene rings is 3. The van der Waals surface area contributed by atoms with E-state index < -0.39 is 10.0 Å². The molecule has 30 heavy (non-hydrogen) atoms. The van der Waals surface area contributed by atoms with E-state index in [9.17, 15) is 13.2 Å². The molecule has 0 aromatic heterocycles. The monoisotopic (exact) mass is 422 g/mol. The molecular formula is C22H18N2O5S. The Labute approximate surface area is 174 Å². The largest absolute Gasteiger partial charge is 0.454 e. The van der Waals surface area contributed by atoms with E-state index in [-0.39, 0.29) is 17.5 Å². The average molecular weight is 422 g/mol. The van der Waals surface area contributed by atoms with Crippen LogP contribution in [0.15, 0.2) is 90.0 Å². The number of ether oxygens (including phenoxy) is 2. The molecule has 1 heterocycles. The van der Waals surface area contributed by atoms with Gasteiger partial charge in [-0.3, -0.25) is 9.52 Å². The van der Waals surface area contributed by atoms with E-state index in [1.807, 2.05) is 0 Å². The molecule has 7 nitrogen and oxygen atoms in total. The summed E-state index contributed by atoms with van der Waals surface area (Å²) >= 11 is 0. The Kier molecular flexibility index (Phi) is 5.40. The fourth-order valence-electron chi connectivity index (χ4n) is 2.85. The van der Waals surface area contributed by atoms with Crippen molar-refractivity contribution in [3.8, 4) is 11.5 Å². The number of ketones is 1. The lowest BCUT2D eigenvalue weighted by atomic mass is 10.1. The lowest BCUT2D eigenvalue weighted by Gasteiger charge is -2.12. The highest BCUT2D eigenvalue weighted by molar-refractivity contribution is 7.92. The molecule has 4 rings (SSSR count). The Bertz CT molecular complexity index is 1210. The average Bonchev–Trinajstić information content (AvgIpc) is 3.23. The molecule has 2 N–H and O–H groups in total. The number of para-hydroxylation sites is 2. The third-order valence-corrected chi connectivity index (χ3v) is 5.74. The van der Waals surface area contributed by atoms with Crippen molar-refractivity contribution in [2.75, 3.05) is 16.8 Å². The fourth-order valence-corrected chi connectivity index (χ4v) is 3.96. The molecule has 3 aromatic carbocycles. The predicted molar refractivity (Wildman–Crippen MR) is 113 cm³/mol. The molecule has 1 aliphatic rings. The zero-order valence-corrected chi connectivity index (χ0v) is 16.6. The summed E-state index contributed by atoms with van der Waals surface area (Å²) in [6, 6.07) is 19.9. The standard InChI is InChI=1S/C22H18N2O5S/c25-20(16-10-11-21-22(14-16)29-15-28-21)12-13-23-18-8-4-5-9-19(18)24-30(26,27)17-6-2-1-3-7-17/h1-14,23-24H,15H2/b13-12+. The summed E-state index contributed by atoms with van der Waals surface area (Å²) < 4.78 is 38.2. The molecule has 0 bridgehead atoms. The highest BCUT2D eigenvalue weighted by Crippen LogP contribution is 2.32. The van der Waals surface area contributed by atoms with Crippen LogP contribution < -0.4 is 19.5 Å². The summed E-state index contributed by atoms with van der Waals surface area (Å²) in [4.78, 5) is 12.6. The molecule has 0 saturated carbocycles. The summed E-state index contributed by atoms with van der Waals surface area (Å²) in [5.41, 5.74) is 1.32. The molecule has 0 unspecified atom stereocenters. The van der Waals surface area contributed by atoms with Crippen molar-refractivity contribution >= 4 is 27.2 Å². The Morgan fingerprint density at radius 1 is 0.867 bits per heavy atom. The van der Waals surface area contributed by atoms with Gasteiger partial charge in [0.15, 0.2) is 17.3 Å². The van der Waals surface area contributed by atoms with E-state index in [1.54, 1.807) is 60.7 Å². The lowest BCUT2D eigenvalue weighted by Crippen LogP contribution is -2.13. The van der Waals surface area contributed by atoms with E-state index in [4.69, 9.17) is 9.47 Å². The summed E-state index contributed by atoms with van der Waals surface area (Å²) in [5.74, 6) is 0.902. The van der Waals surface area contributed by atoms with Gasteiger partial charge in [0.05, 0.1) is 16.3 Å². The molecule has 0 saturated heterocycles. The second kappa shape index (κ2) is 8.30. The van der Waals surface area contributed by atoms with Crippen LogP contribution in [0.2, 0.25) is 0 Å². The minimum absolute atomic E-state index is 0.139. The molecule has 3 aromatic rings. The minimum atomic E-state index is -3.73. The lowest BCUT2D eigenvalue weighted by molar-refractivity contribution is 0.104. The van der Waals surface area contributed by atoms with Crippen LogP contribution >= 0.6 is 0 Å². The zero-order chi connectivity index (χ0) is 21.0. The number of carbonyl (C=O) groups excluding carboxylic acids is 1.